The second-order valence-corrected chi connectivity index (χ2v) is 17.1. The van der Waals surface area contributed by atoms with E-state index in [2.05, 4.69) is 103 Å². The molecule has 5 nitrogen and oxygen atoms in total. The molecule has 0 spiro atoms. The number of nitrogens with zero attached hydrogens (tertiary/aromatic N) is 5. The first-order valence-electron chi connectivity index (χ1n) is 18.7. The third-order valence-corrected chi connectivity index (χ3v) is 14.1. The summed E-state index contributed by atoms with van der Waals surface area (Å²) in [5.41, 5.74) is 6.86. The van der Waals surface area contributed by atoms with E-state index >= 15 is 0 Å². The SMILES string of the molecule is c1ccc(-c2nc(-c3ccccc3)nc(-c3cccc4sc5cccc(-c6nc(-c7cccc8c7sc7ccccc78)c7sc8ccccc8c7n6)c5c34)n2)cc1. The highest BCUT2D eigenvalue weighted by molar-refractivity contribution is 7.27. The fourth-order valence-electron chi connectivity index (χ4n) is 8.00. The molecule has 0 saturated carbocycles. The van der Waals surface area contributed by atoms with Crippen LogP contribution in [0.2, 0.25) is 0 Å². The molecular weight excluding hydrogens is 755 g/mol. The van der Waals surface area contributed by atoms with Crippen LogP contribution in [0.4, 0.5) is 0 Å². The highest BCUT2D eigenvalue weighted by Crippen LogP contribution is 2.47. The first kappa shape index (κ1) is 32.5. The van der Waals surface area contributed by atoms with Crippen LogP contribution in [-0.2, 0) is 0 Å². The molecule has 5 heterocycles. The van der Waals surface area contributed by atoms with Crippen molar-refractivity contribution in [3.63, 3.8) is 0 Å². The Kier molecular flexibility index (Phi) is 7.38. The van der Waals surface area contributed by atoms with Crippen LogP contribution in [0.25, 0.3) is 117 Å². The van der Waals surface area contributed by atoms with Gasteiger partial charge in [0.1, 0.15) is 0 Å². The van der Waals surface area contributed by atoms with E-state index in [0.717, 1.165) is 69.3 Å². The van der Waals surface area contributed by atoms with Gasteiger partial charge < -0.3 is 0 Å². The molecule has 0 fully saturated rings. The predicted molar refractivity (Wildman–Crippen MR) is 241 cm³/mol. The molecule has 0 unspecified atom stereocenters. The summed E-state index contributed by atoms with van der Waals surface area (Å²) in [5.74, 6) is 2.59. The summed E-state index contributed by atoms with van der Waals surface area (Å²) in [7, 11) is 0. The highest BCUT2D eigenvalue weighted by Gasteiger charge is 2.23. The van der Waals surface area contributed by atoms with E-state index in [0.29, 0.717) is 23.3 Å². The average Bonchev–Trinajstić information content (AvgIpc) is 3.98. The molecule has 7 aromatic carbocycles. The van der Waals surface area contributed by atoms with Gasteiger partial charge in [-0.3, -0.25) is 0 Å². The Labute approximate surface area is 338 Å². The minimum Gasteiger partial charge on any atom is -0.226 e. The van der Waals surface area contributed by atoms with Gasteiger partial charge in [-0.2, -0.15) is 0 Å². The van der Waals surface area contributed by atoms with Crippen LogP contribution in [0.5, 0.6) is 0 Å². The molecule has 57 heavy (non-hydrogen) atoms. The molecule has 0 aliphatic rings. The lowest BCUT2D eigenvalue weighted by Crippen LogP contribution is -2.00. The summed E-state index contributed by atoms with van der Waals surface area (Å²) in [6.07, 6.45) is 0. The zero-order valence-corrected chi connectivity index (χ0v) is 32.5. The van der Waals surface area contributed by atoms with Crippen molar-refractivity contribution in [2.45, 2.75) is 0 Å². The van der Waals surface area contributed by atoms with Gasteiger partial charge in [-0.1, -0.05) is 140 Å². The maximum Gasteiger partial charge on any atom is 0.164 e. The Hall–Kier alpha value is -6.71. The number of benzene rings is 7. The number of thiophene rings is 3. The first-order chi connectivity index (χ1) is 28.2. The molecule has 0 aliphatic heterocycles. The van der Waals surface area contributed by atoms with E-state index in [1.54, 1.807) is 22.7 Å². The first-order valence-corrected chi connectivity index (χ1v) is 21.1. The molecule has 8 heteroatoms. The standard InChI is InChI=1S/C49H27N5S3/c1-3-14-28(15-4-1)46-52-47(29-16-5-2-6-17-29)54-49(53-46)34-22-13-27-39-41(34)40-33(21-12-26-38(40)55-39)48-50-42-32-19-8-10-25-37(32)57-45(42)43(51-48)35-23-11-20-31-30-18-7-9-24-36(30)56-44(31)35/h1-27H. The second-order valence-electron chi connectivity index (χ2n) is 14.0. The average molecular weight is 782 g/mol. The van der Waals surface area contributed by atoms with E-state index < -0.39 is 0 Å². The Morgan fingerprint density at radius 3 is 1.44 bits per heavy atom. The van der Waals surface area contributed by atoms with Crippen molar-refractivity contribution in [2.24, 2.45) is 0 Å². The number of rotatable bonds is 5. The van der Waals surface area contributed by atoms with E-state index in [4.69, 9.17) is 24.9 Å². The predicted octanol–water partition coefficient (Wildman–Crippen LogP) is 14.1. The largest absolute Gasteiger partial charge is 0.226 e. The van der Waals surface area contributed by atoms with E-state index in [9.17, 15) is 0 Å². The topological polar surface area (TPSA) is 64.5 Å². The molecule has 5 aromatic heterocycles. The normalized spacial score (nSPS) is 11.9. The molecule has 0 bridgehead atoms. The molecule has 12 aromatic rings. The van der Waals surface area contributed by atoms with Gasteiger partial charge in [0.2, 0.25) is 0 Å². The zero-order chi connectivity index (χ0) is 37.5. The van der Waals surface area contributed by atoms with Gasteiger partial charge in [0, 0.05) is 78.2 Å². The molecule has 266 valence electrons. The molecule has 0 aliphatic carbocycles. The van der Waals surface area contributed by atoms with E-state index in [1.807, 2.05) is 72.0 Å². The Bertz CT molecular complexity index is 3480. The molecule has 12 rings (SSSR count). The van der Waals surface area contributed by atoms with Gasteiger partial charge in [-0.15, -0.1) is 34.0 Å². The fraction of sp³-hybridized carbons (Fsp3) is 0. The van der Waals surface area contributed by atoms with Crippen molar-refractivity contribution in [2.75, 3.05) is 0 Å². The molecular formula is C49H27N5S3. The summed E-state index contributed by atoms with van der Waals surface area (Å²) in [4.78, 5) is 26.3. The second kappa shape index (κ2) is 12.9. The fourth-order valence-corrected chi connectivity index (χ4v) is 11.5. The van der Waals surface area contributed by atoms with Crippen LogP contribution in [0.1, 0.15) is 0 Å². The third kappa shape index (κ3) is 5.22. The lowest BCUT2D eigenvalue weighted by Gasteiger charge is -2.11. The monoisotopic (exact) mass is 781 g/mol. The molecule has 0 saturated heterocycles. The lowest BCUT2D eigenvalue weighted by atomic mass is 10.0. The minimum absolute atomic E-state index is 0.625. The summed E-state index contributed by atoms with van der Waals surface area (Å²) < 4.78 is 7.11. The number of hydrogen-bond donors (Lipinski definition) is 0. The Morgan fingerprint density at radius 2 is 0.772 bits per heavy atom. The van der Waals surface area contributed by atoms with Gasteiger partial charge in [0.25, 0.3) is 0 Å². The van der Waals surface area contributed by atoms with Crippen molar-refractivity contribution in [1.29, 1.82) is 0 Å². The van der Waals surface area contributed by atoms with E-state index in [-0.39, 0.29) is 0 Å². The molecule has 0 N–H and O–H groups in total. The molecule has 0 amide bonds. The summed E-state index contributed by atoms with van der Waals surface area (Å²) in [6, 6.07) is 57.1. The zero-order valence-electron chi connectivity index (χ0n) is 30.0. The third-order valence-electron chi connectivity index (χ3n) is 10.6. The van der Waals surface area contributed by atoms with Gasteiger partial charge >= 0.3 is 0 Å². The Morgan fingerprint density at radius 1 is 0.298 bits per heavy atom. The van der Waals surface area contributed by atoms with Crippen LogP contribution in [-0.4, -0.2) is 24.9 Å². The van der Waals surface area contributed by atoms with Gasteiger partial charge in [0.05, 0.1) is 15.9 Å². The van der Waals surface area contributed by atoms with Crippen molar-refractivity contribution >= 4 is 94.7 Å². The maximum atomic E-state index is 5.57. The summed E-state index contributed by atoms with van der Waals surface area (Å²) >= 11 is 5.37. The van der Waals surface area contributed by atoms with Crippen molar-refractivity contribution in [3.8, 4) is 56.8 Å². The van der Waals surface area contributed by atoms with Crippen LogP contribution in [0, 0.1) is 0 Å². The summed E-state index contributed by atoms with van der Waals surface area (Å²) in [6.45, 7) is 0. The highest BCUT2D eigenvalue weighted by atomic mass is 32.1. The molecule has 0 radical (unpaired) electrons. The van der Waals surface area contributed by atoms with Crippen LogP contribution in [0.3, 0.4) is 0 Å². The number of fused-ring (bicyclic) bond motifs is 9. The number of aromatic nitrogens is 5. The summed E-state index contributed by atoms with van der Waals surface area (Å²) in [5, 5.41) is 5.85. The van der Waals surface area contributed by atoms with Crippen LogP contribution in [0.15, 0.2) is 164 Å². The Balaban J connectivity index is 1.14. The van der Waals surface area contributed by atoms with Crippen molar-refractivity contribution in [1.82, 2.24) is 24.9 Å². The van der Waals surface area contributed by atoms with Gasteiger partial charge in [-0.05, 0) is 24.3 Å². The molecule has 0 atom stereocenters. The van der Waals surface area contributed by atoms with Gasteiger partial charge in [0.15, 0.2) is 23.3 Å². The van der Waals surface area contributed by atoms with Crippen LogP contribution >= 0.6 is 34.0 Å². The minimum atomic E-state index is 0.625. The van der Waals surface area contributed by atoms with Gasteiger partial charge in [-0.25, -0.2) is 24.9 Å². The maximum absolute atomic E-state index is 5.57. The van der Waals surface area contributed by atoms with E-state index in [1.165, 1.54) is 24.9 Å². The van der Waals surface area contributed by atoms with Crippen molar-refractivity contribution < 1.29 is 0 Å². The lowest BCUT2D eigenvalue weighted by molar-refractivity contribution is 1.08. The van der Waals surface area contributed by atoms with Crippen molar-refractivity contribution in [3.05, 3.63) is 164 Å². The van der Waals surface area contributed by atoms with Crippen LogP contribution < -0.4 is 0 Å². The quantitative estimate of drug-likeness (QED) is 0.174. The smallest absolute Gasteiger partial charge is 0.164 e. The number of hydrogen-bond acceptors (Lipinski definition) is 8.